The fraction of sp³-hybridized carbons (Fsp3) is 0.412. The number of hydrogen-bond donors (Lipinski definition) is 1. The molecule has 1 N–H and O–H groups in total. The maximum atomic E-state index is 5.94. The summed E-state index contributed by atoms with van der Waals surface area (Å²) in [7, 11) is 0. The van der Waals surface area contributed by atoms with Gasteiger partial charge < -0.3 is 14.8 Å². The summed E-state index contributed by atoms with van der Waals surface area (Å²) in [5, 5.41) is 11.7. The molecule has 116 valence electrons. The van der Waals surface area contributed by atoms with E-state index in [1.54, 1.807) is 0 Å². The van der Waals surface area contributed by atoms with Crippen LogP contribution in [0.2, 0.25) is 0 Å². The summed E-state index contributed by atoms with van der Waals surface area (Å²) < 4.78 is 11.7. The van der Waals surface area contributed by atoms with Crippen molar-refractivity contribution < 1.29 is 9.47 Å². The third-order valence-electron chi connectivity index (χ3n) is 3.45. The van der Waals surface area contributed by atoms with Crippen molar-refractivity contribution in [1.82, 2.24) is 10.2 Å². The second-order valence-corrected chi connectivity index (χ2v) is 5.75. The van der Waals surface area contributed by atoms with Crippen molar-refractivity contribution in [2.75, 3.05) is 11.9 Å². The van der Waals surface area contributed by atoms with Gasteiger partial charge in [0.1, 0.15) is 18.5 Å². The van der Waals surface area contributed by atoms with Crippen molar-refractivity contribution in [2.45, 2.75) is 38.8 Å². The number of para-hydroxylation sites is 2. The topological polar surface area (TPSA) is 56.3 Å². The average molecular weight is 299 g/mol. The zero-order valence-corrected chi connectivity index (χ0v) is 13.0. The molecule has 0 saturated heterocycles. The Bertz CT molecular complexity index is 614. The van der Waals surface area contributed by atoms with E-state index in [-0.39, 0.29) is 6.10 Å². The van der Waals surface area contributed by atoms with Crippen molar-refractivity contribution in [1.29, 1.82) is 0 Å². The normalized spacial score (nSPS) is 16.6. The van der Waals surface area contributed by atoms with Crippen LogP contribution in [0.25, 0.3) is 0 Å². The Morgan fingerprint density at radius 3 is 2.68 bits per heavy atom. The predicted molar refractivity (Wildman–Crippen MR) is 85.5 cm³/mol. The summed E-state index contributed by atoms with van der Waals surface area (Å²) in [6.45, 7) is 4.74. The molecular formula is C17H21N3O2. The van der Waals surface area contributed by atoms with E-state index in [1.165, 1.54) is 0 Å². The fourth-order valence-corrected chi connectivity index (χ4v) is 2.38. The Hall–Kier alpha value is -2.30. The van der Waals surface area contributed by atoms with E-state index < -0.39 is 0 Å². The molecule has 0 spiro atoms. The van der Waals surface area contributed by atoms with E-state index in [2.05, 4.69) is 29.4 Å². The summed E-state index contributed by atoms with van der Waals surface area (Å²) >= 11 is 0. The highest BCUT2D eigenvalue weighted by atomic mass is 16.6. The fourth-order valence-electron chi connectivity index (χ4n) is 2.38. The molecule has 0 amide bonds. The lowest BCUT2D eigenvalue weighted by atomic mass is 10.1. The SMILES string of the molecule is CC(C)Nc1ccc(CC[C@@H]2COc3ccccc3O2)nn1. The van der Waals surface area contributed by atoms with E-state index in [0.717, 1.165) is 35.9 Å². The highest BCUT2D eigenvalue weighted by Crippen LogP contribution is 2.31. The van der Waals surface area contributed by atoms with Gasteiger partial charge in [0.05, 0.1) is 5.69 Å². The van der Waals surface area contributed by atoms with Gasteiger partial charge in [0.2, 0.25) is 0 Å². The minimum Gasteiger partial charge on any atom is -0.486 e. The van der Waals surface area contributed by atoms with Crippen molar-refractivity contribution in [3.63, 3.8) is 0 Å². The number of nitrogens with one attached hydrogen (secondary N) is 1. The molecule has 1 atom stereocenters. The van der Waals surface area contributed by atoms with Gasteiger partial charge in [-0.25, -0.2) is 0 Å². The predicted octanol–water partition coefficient (Wildman–Crippen LogP) is 3.07. The lowest BCUT2D eigenvalue weighted by Gasteiger charge is -2.26. The Kier molecular flexibility index (Phi) is 4.42. The van der Waals surface area contributed by atoms with Crippen LogP contribution in [0, 0.1) is 0 Å². The van der Waals surface area contributed by atoms with Crippen molar-refractivity contribution in [3.8, 4) is 11.5 Å². The minimum atomic E-state index is 0.0603. The zero-order valence-electron chi connectivity index (χ0n) is 13.0. The largest absolute Gasteiger partial charge is 0.486 e. The molecule has 5 nitrogen and oxygen atoms in total. The second-order valence-electron chi connectivity index (χ2n) is 5.75. The highest BCUT2D eigenvalue weighted by molar-refractivity contribution is 5.40. The van der Waals surface area contributed by atoms with Crippen LogP contribution in [-0.4, -0.2) is 29.0 Å². The van der Waals surface area contributed by atoms with Crippen molar-refractivity contribution in [2.24, 2.45) is 0 Å². The number of ether oxygens (including phenoxy) is 2. The van der Waals surface area contributed by atoms with Gasteiger partial charge in [0.15, 0.2) is 11.5 Å². The third-order valence-corrected chi connectivity index (χ3v) is 3.45. The van der Waals surface area contributed by atoms with E-state index in [9.17, 15) is 0 Å². The first-order valence-electron chi connectivity index (χ1n) is 7.68. The van der Waals surface area contributed by atoms with Gasteiger partial charge in [0.25, 0.3) is 0 Å². The van der Waals surface area contributed by atoms with Gasteiger partial charge >= 0.3 is 0 Å². The molecule has 1 aromatic heterocycles. The van der Waals surface area contributed by atoms with Gasteiger partial charge in [-0.3, -0.25) is 0 Å². The molecular weight excluding hydrogens is 278 g/mol. The van der Waals surface area contributed by atoms with E-state index >= 15 is 0 Å². The molecule has 22 heavy (non-hydrogen) atoms. The van der Waals surface area contributed by atoms with Gasteiger partial charge in [-0.2, -0.15) is 5.10 Å². The first-order chi connectivity index (χ1) is 10.7. The molecule has 2 aromatic rings. The van der Waals surface area contributed by atoms with Gasteiger partial charge in [-0.05, 0) is 51.0 Å². The molecule has 1 aliphatic rings. The summed E-state index contributed by atoms with van der Waals surface area (Å²) in [6, 6.07) is 12.1. The first kappa shape index (κ1) is 14.6. The van der Waals surface area contributed by atoms with Crippen LogP contribution in [0.1, 0.15) is 26.0 Å². The molecule has 0 unspecified atom stereocenters. The molecule has 1 aromatic carbocycles. The van der Waals surface area contributed by atoms with Crippen LogP contribution in [-0.2, 0) is 6.42 Å². The molecule has 0 aliphatic carbocycles. The number of rotatable bonds is 5. The molecule has 3 rings (SSSR count). The van der Waals surface area contributed by atoms with Crippen LogP contribution >= 0.6 is 0 Å². The highest BCUT2D eigenvalue weighted by Gasteiger charge is 2.20. The van der Waals surface area contributed by atoms with E-state index in [1.807, 2.05) is 36.4 Å². The summed E-state index contributed by atoms with van der Waals surface area (Å²) in [4.78, 5) is 0. The maximum absolute atomic E-state index is 5.94. The van der Waals surface area contributed by atoms with Crippen LogP contribution in [0.5, 0.6) is 11.5 Å². The number of aryl methyl sites for hydroxylation is 1. The smallest absolute Gasteiger partial charge is 0.161 e. The molecule has 0 bridgehead atoms. The average Bonchev–Trinajstić information content (AvgIpc) is 2.53. The lowest BCUT2D eigenvalue weighted by molar-refractivity contribution is 0.0849. The Morgan fingerprint density at radius 2 is 1.95 bits per heavy atom. The van der Waals surface area contributed by atoms with Crippen LogP contribution in [0.4, 0.5) is 5.82 Å². The molecule has 0 saturated carbocycles. The molecule has 5 heteroatoms. The Labute approximate surface area is 130 Å². The number of nitrogens with zero attached hydrogens (tertiary/aromatic N) is 2. The standard InChI is InChI=1S/C17H21N3O2/c1-12(2)18-17-10-8-13(19-20-17)7-9-14-11-21-15-5-3-4-6-16(15)22-14/h3-6,8,10,12,14H,7,9,11H2,1-2H3,(H,18,20)/t14-/m1/s1. The summed E-state index contributed by atoms with van der Waals surface area (Å²) in [5.41, 5.74) is 0.969. The number of fused-ring (bicyclic) bond motifs is 1. The quantitative estimate of drug-likeness (QED) is 0.919. The summed E-state index contributed by atoms with van der Waals surface area (Å²) in [5.74, 6) is 2.45. The van der Waals surface area contributed by atoms with Crippen LogP contribution in [0.15, 0.2) is 36.4 Å². The number of aromatic nitrogens is 2. The van der Waals surface area contributed by atoms with Gasteiger partial charge in [-0.1, -0.05) is 12.1 Å². The minimum absolute atomic E-state index is 0.0603. The molecule has 0 radical (unpaired) electrons. The second kappa shape index (κ2) is 6.64. The molecule has 0 fully saturated rings. The third kappa shape index (κ3) is 3.67. The van der Waals surface area contributed by atoms with Crippen molar-refractivity contribution in [3.05, 3.63) is 42.1 Å². The van der Waals surface area contributed by atoms with Crippen LogP contribution < -0.4 is 14.8 Å². The monoisotopic (exact) mass is 299 g/mol. The Morgan fingerprint density at radius 1 is 1.14 bits per heavy atom. The maximum Gasteiger partial charge on any atom is 0.161 e. The number of hydrogen-bond acceptors (Lipinski definition) is 5. The Balaban J connectivity index is 1.53. The number of benzene rings is 1. The van der Waals surface area contributed by atoms with Crippen LogP contribution in [0.3, 0.4) is 0 Å². The first-order valence-corrected chi connectivity index (χ1v) is 7.68. The lowest BCUT2D eigenvalue weighted by Crippen LogP contribution is -2.29. The van der Waals surface area contributed by atoms with E-state index in [4.69, 9.17) is 9.47 Å². The van der Waals surface area contributed by atoms with Crippen molar-refractivity contribution >= 4 is 5.82 Å². The van der Waals surface area contributed by atoms with E-state index in [0.29, 0.717) is 12.6 Å². The molecule has 2 heterocycles. The van der Waals surface area contributed by atoms with Gasteiger partial charge in [0, 0.05) is 6.04 Å². The molecule has 1 aliphatic heterocycles. The summed E-state index contributed by atoms with van der Waals surface area (Å²) in [6.07, 6.45) is 1.75. The van der Waals surface area contributed by atoms with Gasteiger partial charge in [-0.15, -0.1) is 5.10 Å². The zero-order chi connectivity index (χ0) is 15.4. The number of anilines is 1.